The lowest BCUT2D eigenvalue weighted by atomic mass is 9.90. The third-order valence-electron chi connectivity index (χ3n) is 6.58. The van der Waals surface area contributed by atoms with Crippen LogP contribution in [0, 0.1) is 17.8 Å². The second kappa shape index (κ2) is 8.50. The van der Waals surface area contributed by atoms with Crippen LogP contribution < -0.4 is 4.74 Å². The van der Waals surface area contributed by atoms with Crippen LogP contribution >= 0.6 is 0 Å². The van der Waals surface area contributed by atoms with Crippen molar-refractivity contribution in [3.05, 3.63) is 18.3 Å². The monoisotopic (exact) mass is 422 g/mol. The first-order valence-corrected chi connectivity index (χ1v) is 12.5. The van der Waals surface area contributed by atoms with Gasteiger partial charge in [-0.2, -0.15) is 0 Å². The number of nitrogens with zero attached hydrogens (tertiary/aromatic N) is 2. The molecule has 0 radical (unpaired) electrons. The van der Waals surface area contributed by atoms with Crippen LogP contribution in [0.3, 0.4) is 0 Å². The Bertz CT molecular complexity index is 814. The Hall–Kier alpha value is -1.83. The minimum Gasteiger partial charge on any atom is -0.478 e. The molecule has 0 spiro atoms. The van der Waals surface area contributed by atoms with E-state index in [4.69, 9.17) is 9.47 Å². The van der Waals surface area contributed by atoms with Crippen molar-refractivity contribution < 1.29 is 22.7 Å². The summed E-state index contributed by atoms with van der Waals surface area (Å²) in [4.78, 5) is 18.3. The van der Waals surface area contributed by atoms with Gasteiger partial charge in [-0.3, -0.25) is 0 Å². The normalized spacial score (nSPS) is 25.3. The molecule has 8 heteroatoms. The summed E-state index contributed by atoms with van der Waals surface area (Å²) in [6.07, 6.45) is 10.1. The van der Waals surface area contributed by atoms with Crippen LogP contribution in [0.15, 0.2) is 23.2 Å². The summed E-state index contributed by atoms with van der Waals surface area (Å²) in [5.74, 6) is 2.58. The number of pyridine rings is 1. The second-order valence-electron chi connectivity index (χ2n) is 8.66. The van der Waals surface area contributed by atoms with Crippen LogP contribution in [0.5, 0.6) is 5.88 Å². The first-order chi connectivity index (χ1) is 13.9. The lowest BCUT2D eigenvalue weighted by Crippen LogP contribution is -2.41. The number of piperidine rings is 1. The molecule has 7 nitrogen and oxygen atoms in total. The largest absolute Gasteiger partial charge is 0.478 e. The lowest BCUT2D eigenvalue weighted by molar-refractivity contribution is 0.0195. The molecule has 1 aliphatic heterocycles. The van der Waals surface area contributed by atoms with Crippen molar-refractivity contribution in [2.45, 2.75) is 55.9 Å². The lowest BCUT2D eigenvalue weighted by Gasteiger charge is -2.34. The highest BCUT2D eigenvalue weighted by atomic mass is 32.2. The van der Waals surface area contributed by atoms with E-state index in [-0.39, 0.29) is 17.1 Å². The van der Waals surface area contributed by atoms with Crippen LogP contribution in [0.4, 0.5) is 4.79 Å². The van der Waals surface area contributed by atoms with Crippen molar-refractivity contribution in [3.8, 4) is 5.88 Å². The fourth-order valence-electron chi connectivity index (χ4n) is 4.38. The van der Waals surface area contributed by atoms with Gasteiger partial charge in [0.1, 0.15) is 6.10 Å². The van der Waals surface area contributed by atoms with E-state index in [9.17, 15) is 13.2 Å². The number of rotatable bonds is 7. The van der Waals surface area contributed by atoms with Crippen molar-refractivity contribution in [1.82, 2.24) is 9.88 Å². The molecule has 1 aromatic rings. The zero-order valence-corrected chi connectivity index (χ0v) is 17.8. The van der Waals surface area contributed by atoms with Gasteiger partial charge in [-0.25, -0.2) is 18.2 Å². The van der Waals surface area contributed by atoms with Gasteiger partial charge < -0.3 is 14.4 Å². The summed E-state index contributed by atoms with van der Waals surface area (Å²) in [6.45, 7) is 2.22. The van der Waals surface area contributed by atoms with E-state index in [0.29, 0.717) is 24.3 Å². The van der Waals surface area contributed by atoms with Gasteiger partial charge in [0.2, 0.25) is 5.88 Å². The molecule has 1 aromatic heterocycles. The number of sulfone groups is 1. The molecule has 4 rings (SSSR count). The Morgan fingerprint density at radius 1 is 1.21 bits per heavy atom. The van der Waals surface area contributed by atoms with Crippen molar-refractivity contribution in [1.29, 1.82) is 0 Å². The first kappa shape index (κ1) is 20.4. The maximum absolute atomic E-state index is 12.2. The summed E-state index contributed by atoms with van der Waals surface area (Å²) < 4.78 is 34.1. The van der Waals surface area contributed by atoms with Gasteiger partial charge in [0.15, 0.2) is 9.84 Å². The maximum atomic E-state index is 12.2. The number of ether oxygens (including phenoxy) is 2. The average molecular weight is 423 g/mol. The average Bonchev–Trinajstić information content (AvgIpc) is 3.44. The molecule has 2 saturated carbocycles. The van der Waals surface area contributed by atoms with E-state index in [1.54, 1.807) is 6.07 Å². The molecule has 2 heterocycles. The van der Waals surface area contributed by atoms with E-state index < -0.39 is 9.84 Å². The van der Waals surface area contributed by atoms with Gasteiger partial charge >= 0.3 is 6.09 Å². The second-order valence-corrected chi connectivity index (χ2v) is 10.7. The molecule has 0 bridgehead atoms. The van der Waals surface area contributed by atoms with E-state index in [1.807, 2.05) is 4.90 Å². The summed E-state index contributed by atoms with van der Waals surface area (Å²) in [5.41, 5.74) is 0. The minimum atomic E-state index is -3.23. The molecular weight excluding hydrogens is 392 g/mol. The van der Waals surface area contributed by atoms with Crippen LogP contribution in [-0.4, -0.2) is 56.5 Å². The fourth-order valence-corrected chi connectivity index (χ4v) is 4.94. The van der Waals surface area contributed by atoms with Gasteiger partial charge in [0, 0.05) is 31.6 Å². The molecule has 29 heavy (non-hydrogen) atoms. The van der Waals surface area contributed by atoms with Crippen molar-refractivity contribution in [2.24, 2.45) is 17.8 Å². The summed E-state index contributed by atoms with van der Waals surface area (Å²) in [7, 11) is -3.23. The SMILES string of the molecule is CS(=O)(=O)c1ccc(OCC[C@@H]2C[C@@H]2C2CCN(C(=O)OC3CCC3)CC2)nc1. The Labute approximate surface area is 172 Å². The fraction of sp³-hybridized carbons (Fsp3) is 0.714. The Morgan fingerprint density at radius 2 is 1.97 bits per heavy atom. The number of hydrogen-bond donors (Lipinski definition) is 0. The van der Waals surface area contributed by atoms with Gasteiger partial charge in [-0.05, 0) is 68.8 Å². The standard InChI is InChI=1S/C21H30N2O5S/c1-29(25,26)18-5-6-20(22-14-18)27-12-9-16-13-19(16)15-7-10-23(11-8-15)21(24)28-17-3-2-4-17/h5-6,14-17,19H,2-4,7-13H2,1H3/t16-,19-/m1/s1. The van der Waals surface area contributed by atoms with Gasteiger partial charge in [0.05, 0.1) is 11.5 Å². The predicted molar refractivity (Wildman–Crippen MR) is 107 cm³/mol. The summed E-state index contributed by atoms with van der Waals surface area (Å²) in [6, 6.07) is 3.14. The topological polar surface area (TPSA) is 85.8 Å². The Kier molecular flexibility index (Phi) is 5.99. The van der Waals surface area contributed by atoms with Crippen LogP contribution in [0.1, 0.15) is 44.9 Å². The van der Waals surface area contributed by atoms with E-state index >= 15 is 0 Å². The van der Waals surface area contributed by atoms with Crippen molar-refractivity contribution >= 4 is 15.9 Å². The van der Waals surface area contributed by atoms with Crippen LogP contribution in [0.2, 0.25) is 0 Å². The minimum absolute atomic E-state index is 0.122. The van der Waals surface area contributed by atoms with Gasteiger partial charge in [-0.15, -0.1) is 0 Å². The molecular formula is C21H30N2O5S. The number of carbonyl (C=O) groups is 1. The number of hydrogen-bond acceptors (Lipinski definition) is 6. The molecule has 1 amide bonds. The smallest absolute Gasteiger partial charge is 0.410 e. The Morgan fingerprint density at radius 3 is 2.55 bits per heavy atom. The third-order valence-corrected chi connectivity index (χ3v) is 7.67. The highest BCUT2D eigenvalue weighted by Gasteiger charge is 2.43. The zero-order chi connectivity index (χ0) is 20.4. The van der Waals surface area contributed by atoms with E-state index in [2.05, 4.69) is 4.98 Å². The number of amides is 1. The number of carbonyl (C=O) groups excluding carboxylic acids is 1. The highest BCUT2D eigenvalue weighted by Crippen LogP contribution is 2.49. The molecule has 160 valence electrons. The first-order valence-electron chi connectivity index (χ1n) is 10.6. The number of likely N-dealkylation sites (tertiary alicyclic amines) is 1. The van der Waals surface area contributed by atoms with E-state index in [0.717, 1.165) is 51.1 Å². The van der Waals surface area contributed by atoms with Gasteiger partial charge in [0.25, 0.3) is 0 Å². The molecule has 2 aliphatic carbocycles. The van der Waals surface area contributed by atoms with Gasteiger partial charge in [-0.1, -0.05) is 0 Å². The van der Waals surface area contributed by atoms with Crippen molar-refractivity contribution in [2.75, 3.05) is 26.0 Å². The third kappa shape index (κ3) is 5.21. The molecule has 1 saturated heterocycles. The number of aromatic nitrogens is 1. The maximum Gasteiger partial charge on any atom is 0.410 e. The molecule has 0 N–H and O–H groups in total. The summed E-state index contributed by atoms with van der Waals surface area (Å²) >= 11 is 0. The zero-order valence-electron chi connectivity index (χ0n) is 17.0. The molecule has 3 aliphatic rings. The van der Waals surface area contributed by atoms with E-state index in [1.165, 1.54) is 31.4 Å². The van der Waals surface area contributed by atoms with Crippen molar-refractivity contribution in [3.63, 3.8) is 0 Å². The predicted octanol–water partition coefficient (Wildman–Crippen LogP) is 3.29. The molecule has 2 atom stereocenters. The quantitative estimate of drug-likeness (QED) is 0.670. The Balaban J connectivity index is 1.13. The van der Waals surface area contributed by atoms with Crippen LogP contribution in [0.25, 0.3) is 0 Å². The molecule has 0 aromatic carbocycles. The molecule has 0 unspecified atom stereocenters. The van der Waals surface area contributed by atoms with Crippen LogP contribution in [-0.2, 0) is 14.6 Å². The highest BCUT2D eigenvalue weighted by molar-refractivity contribution is 7.90. The summed E-state index contributed by atoms with van der Waals surface area (Å²) in [5, 5.41) is 0. The molecule has 3 fully saturated rings.